The molecule has 2 aromatic heterocycles. The zero-order valence-electron chi connectivity index (χ0n) is 19.5. The van der Waals surface area contributed by atoms with E-state index in [9.17, 15) is 18.4 Å². The highest BCUT2D eigenvalue weighted by Crippen LogP contribution is 2.33. The molecule has 2 heterocycles. The molecule has 1 atom stereocenters. The lowest BCUT2D eigenvalue weighted by molar-refractivity contribution is 0.0533. The molecule has 4 rings (SSSR count). The molecule has 0 fully saturated rings. The number of nitrogens with one attached hydrogen (secondary N) is 2. The molecule has 0 aliphatic heterocycles. The number of hydrogen-bond acceptors (Lipinski definition) is 6. The third-order valence-electron chi connectivity index (χ3n) is 5.67. The molecule has 0 spiro atoms. The van der Waals surface area contributed by atoms with Gasteiger partial charge >= 0.3 is 0 Å². The van der Waals surface area contributed by atoms with Crippen LogP contribution in [0.2, 0.25) is 0 Å². The second kappa shape index (κ2) is 9.63. The number of aryl methyl sites for hydroxylation is 1. The number of rotatable bonds is 6. The fraction of sp³-hybridized carbons (Fsp3) is 0.192. The minimum atomic E-state index is -1.31. The Morgan fingerprint density at radius 1 is 1.17 bits per heavy atom. The number of hydroxylamine groups is 1. The largest absolute Gasteiger partial charge is 0.455 e. The van der Waals surface area contributed by atoms with Gasteiger partial charge in [0.2, 0.25) is 0 Å². The molecule has 0 saturated carbocycles. The van der Waals surface area contributed by atoms with Crippen LogP contribution in [0.5, 0.6) is 0 Å². The molecule has 2 N–H and O–H groups in total. The van der Waals surface area contributed by atoms with E-state index >= 15 is 0 Å². The van der Waals surface area contributed by atoms with Gasteiger partial charge in [-0.15, -0.1) is 0 Å². The molecule has 1 amide bonds. The van der Waals surface area contributed by atoms with E-state index in [0.717, 1.165) is 11.6 Å². The number of halogens is 2. The molecule has 0 aliphatic carbocycles. The normalized spacial score (nSPS) is 11.9. The molecule has 0 bridgehead atoms. The summed E-state index contributed by atoms with van der Waals surface area (Å²) in [7, 11) is 1.19. The summed E-state index contributed by atoms with van der Waals surface area (Å²) in [5.74, 6) is -3.05. The van der Waals surface area contributed by atoms with Crippen LogP contribution >= 0.6 is 0 Å². The fourth-order valence-corrected chi connectivity index (χ4v) is 4.01. The molecule has 2 aromatic carbocycles. The SMILES string of the molecule is CONC(=O)c1c(NC(C)c2cc(C)cc3c(=O)c(C)c(-c4cccnc4)oc23)ccc(F)c1F. The lowest BCUT2D eigenvalue weighted by atomic mass is 9.98. The minimum Gasteiger partial charge on any atom is -0.455 e. The van der Waals surface area contributed by atoms with Crippen molar-refractivity contribution in [3.8, 4) is 11.3 Å². The van der Waals surface area contributed by atoms with E-state index in [0.29, 0.717) is 33.4 Å². The number of hydrogen-bond donors (Lipinski definition) is 2. The Balaban J connectivity index is 1.87. The van der Waals surface area contributed by atoms with Crippen LogP contribution in [0.1, 0.15) is 40.0 Å². The molecule has 1 unspecified atom stereocenters. The van der Waals surface area contributed by atoms with Crippen molar-refractivity contribution in [3.05, 3.63) is 92.9 Å². The predicted molar refractivity (Wildman–Crippen MR) is 128 cm³/mol. The predicted octanol–water partition coefficient (Wildman–Crippen LogP) is 5.21. The first-order valence-corrected chi connectivity index (χ1v) is 10.8. The number of nitrogens with zero attached hydrogens (tertiary/aromatic N) is 1. The van der Waals surface area contributed by atoms with Crippen molar-refractivity contribution in [3.63, 3.8) is 0 Å². The number of amides is 1. The van der Waals surface area contributed by atoms with Crippen LogP contribution in [0.25, 0.3) is 22.3 Å². The van der Waals surface area contributed by atoms with E-state index in [2.05, 4.69) is 15.1 Å². The summed E-state index contributed by atoms with van der Waals surface area (Å²) >= 11 is 0. The molecule has 0 aliphatic rings. The summed E-state index contributed by atoms with van der Waals surface area (Å²) in [4.78, 5) is 34.3. The Morgan fingerprint density at radius 3 is 2.63 bits per heavy atom. The van der Waals surface area contributed by atoms with E-state index in [1.54, 1.807) is 44.4 Å². The first-order valence-electron chi connectivity index (χ1n) is 10.8. The van der Waals surface area contributed by atoms with E-state index < -0.39 is 29.1 Å². The Kier molecular flexibility index (Phi) is 6.61. The van der Waals surface area contributed by atoms with Crippen LogP contribution in [0, 0.1) is 25.5 Å². The lowest BCUT2D eigenvalue weighted by Crippen LogP contribution is -2.25. The van der Waals surface area contributed by atoms with Gasteiger partial charge in [-0.3, -0.25) is 19.4 Å². The number of carbonyl (C=O) groups excluding carboxylic acids is 1. The van der Waals surface area contributed by atoms with Gasteiger partial charge < -0.3 is 9.73 Å². The van der Waals surface area contributed by atoms with Crippen molar-refractivity contribution >= 4 is 22.6 Å². The van der Waals surface area contributed by atoms with Gasteiger partial charge in [0.1, 0.15) is 16.9 Å². The maximum Gasteiger partial charge on any atom is 0.280 e. The van der Waals surface area contributed by atoms with Gasteiger partial charge in [-0.25, -0.2) is 14.3 Å². The zero-order valence-corrected chi connectivity index (χ0v) is 19.5. The van der Waals surface area contributed by atoms with Crippen LogP contribution in [-0.4, -0.2) is 18.0 Å². The number of pyridine rings is 1. The molecule has 180 valence electrons. The molecule has 0 radical (unpaired) electrons. The Labute approximate surface area is 199 Å². The Morgan fingerprint density at radius 2 is 1.94 bits per heavy atom. The van der Waals surface area contributed by atoms with Crippen molar-refractivity contribution in [2.45, 2.75) is 26.8 Å². The van der Waals surface area contributed by atoms with Gasteiger partial charge in [-0.1, -0.05) is 6.07 Å². The van der Waals surface area contributed by atoms with Gasteiger partial charge in [-0.05, 0) is 56.7 Å². The van der Waals surface area contributed by atoms with E-state index in [-0.39, 0.29) is 11.1 Å². The smallest absolute Gasteiger partial charge is 0.280 e. The lowest BCUT2D eigenvalue weighted by Gasteiger charge is -2.20. The quantitative estimate of drug-likeness (QED) is 0.369. The van der Waals surface area contributed by atoms with Crippen LogP contribution < -0.4 is 16.2 Å². The first-order chi connectivity index (χ1) is 16.7. The summed E-state index contributed by atoms with van der Waals surface area (Å²) in [6.07, 6.45) is 3.23. The fourth-order valence-electron chi connectivity index (χ4n) is 4.01. The highest BCUT2D eigenvalue weighted by molar-refractivity contribution is 5.99. The second-order valence-electron chi connectivity index (χ2n) is 8.14. The average molecular weight is 479 g/mol. The first kappa shape index (κ1) is 24.0. The van der Waals surface area contributed by atoms with Crippen LogP contribution in [0.3, 0.4) is 0 Å². The van der Waals surface area contributed by atoms with Gasteiger partial charge in [0.15, 0.2) is 17.1 Å². The van der Waals surface area contributed by atoms with Crippen LogP contribution in [-0.2, 0) is 4.84 Å². The number of aromatic nitrogens is 1. The summed E-state index contributed by atoms with van der Waals surface area (Å²) in [5, 5.41) is 3.44. The Hall–Kier alpha value is -4.11. The summed E-state index contributed by atoms with van der Waals surface area (Å²) in [5.41, 5.74) is 4.18. The molecule has 35 heavy (non-hydrogen) atoms. The highest BCUT2D eigenvalue weighted by Gasteiger charge is 2.24. The second-order valence-corrected chi connectivity index (χ2v) is 8.14. The highest BCUT2D eigenvalue weighted by atomic mass is 19.2. The van der Waals surface area contributed by atoms with E-state index in [4.69, 9.17) is 4.42 Å². The van der Waals surface area contributed by atoms with Gasteiger partial charge in [0.05, 0.1) is 24.2 Å². The number of benzene rings is 2. The summed E-state index contributed by atoms with van der Waals surface area (Å²) < 4.78 is 34.7. The number of anilines is 1. The van der Waals surface area contributed by atoms with E-state index in [1.807, 2.05) is 18.5 Å². The number of fused-ring (bicyclic) bond motifs is 1. The van der Waals surface area contributed by atoms with Crippen molar-refractivity contribution < 1.29 is 22.8 Å². The summed E-state index contributed by atoms with van der Waals surface area (Å²) in [6, 6.07) is 8.73. The van der Waals surface area contributed by atoms with Crippen LogP contribution in [0.4, 0.5) is 14.5 Å². The molecule has 9 heteroatoms. The Bertz CT molecular complexity index is 1490. The maximum atomic E-state index is 14.5. The third-order valence-corrected chi connectivity index (χ3v) is 5.67. The zero-order chi connectivity index (χ0) is 25.3. The van der Waals surface area contributed by atoms with Crippen LogP contribution in [0.15, 0.2) is 58.0 Å². The number of carbonyl (C=O) groups is 1. The third kappa shape index (κ3) is 4.50. The van der Waals surface area contributed by atoms with Gasteiger partial charge in [0.25, 0.3) is 5.91 Å². The monoisotopic (exact) mass is 479 g/mol. The molecule has 7 nitrogen and oxygen atoms in total. The minimum absolute atomic E-state index is 0.0440. The van der Waals surface area contributed by atoms with Crippen molar-refractivity contribution in [2.75, 3.05) is 12.4 Å². The summed E-state index contributed by atoms with van der Waals surface area (Å²) in [6.45, 7) is 5.30. The average Bonchev–Trinajstić information content (AvgIpc) is 2.84. The molecule has 0 saturated heterocycles. The molecular weight excluding hydrogens is 456 g/mol. The van der Waals surface area contributed by atoms with Gasteiger partial charge in [0, 0.05) is 29.1 Å². The van der Waals surface area contributed by atoms with E-state index in [1.165, 1.54) is 13.2 Å². The van der Waals surface area contributed by atoms with Gasteiger partial charge in [-0.2, -0.15) is 0 Å². The van der Waals surface area contributed by atoms with Crippen molar-refractivity contribution in [1.29, 1.82) is 0 Å². The molecule has 4 aromatic rings. The standard InChI is InChI=1S/C26H23F2N3O4/c1-13-10-17(15(3)30-20-8-7-19(27)22(28)21(20)26(33)31-34-4)25-18(11-13)23(32)14(2)24(35-25)16-6-5-9-29-12-16/h5-12,15,30H,1-4H3,(H,31,33). The maximum absolute atomic E-state index is 14.5. The van der Waals surface area contributed by atoms with Crippen molar-refractivity contribution in [2.24, 2.45) is 0 Å². The topological polar surface area (TPSA) is 93.5 Å². The molecular formula is C26H23F2N3O4. The van der Waals surface area contributed by atoms with Crippen molar-refractivity contribution in [1.82, 2.24) is 10.5 Å².